The molecule has 0 atom stereocenters. The molecular formula is C70H42N2O2Si. The van der Waals surface area contributed by atoms with Crippen molar-refractivity contribution >= 4 is 133 Å². The Hall–Kier alpha value is -9.86. The van der Waals surface area contributed by atoms with Crippen molar-refractivity contribution in [2.45, 2.75) is 0 Å². The monoisotopic (exact) mass is 970 g/mol. The van der Waals surface area contributed by atoms with Gasteiger partial charge in [-0.25, -0.2) is 0 Å². The van der Waals surface area contributed by atoms with Crippen molar-refractivity contribution in [2.24, 2.45) is 0 Å². The number of benzene rings is 12. The van der Waals surface area contributed by atoms with Crippen LogP contribution in [0.25, 0.3) is 120 Å². The molecule has 348 valence electrons. The maximum atomic E-state index is 6.47. The van der Waals surface area contributed by atoms with Crippen molar-refractivity contribution in [3.05, 3.63) is 260 Å². The van der Waals surface area contributed by atoms with E-state index in [2.05, 4.69) is 263 Å². The van der Waals surface area contributed by atoms with E-state index in [1.54, 1.807) is 0 Å². The molecule has 4 heterocycles. The van der Waals surface area contributed by atoms with E-state index in [4.69, 9.17) is 8.83 Å². The van der Waals surface area contributed by atoms with Crippen LogP contribution in [0, 0.1) is 11.5 Å². The van der Waals surface area contributed by atoms with E-state index in [1.807, 2.05) is 12.1 Å². The summed E-state index contributed by atoms with van der Waals surface area (Å²) in [5, 5.41) is 17.3. The number of nitrogens with zero attached hydrogens (tertiary/aromatic N) is 2. The fraction of sp³-hybridized carbons (Fsp3) is 0. The zero-order valence-electron chi connectivity index (χ0n) is 40.5. The first-order valence-electron chi connectivity index (χ1n) is 25.6. The average Bonchev–Trinajstić information content (AvgIpc) is 4.25. The Morgan fingerprint density at radius 3 is 1.24 bits per heavy atom. The number of hydrogen-bond acceptors (Lipinski definition) is 2. The second kappa shape index (κ2) is 16.1. The van der Waals surface area contributed by atoms with Crippen molar-refractivity contribution < 1.29 is 8.83 Å². The van der Waals surface area contributed by atoms with Crippen molar-refractivity contribution in [2.75, 3.05) is 0 Å². The lowest BCUT2D eigenvalue weighted by atomic mass is 9.95. The van der Waals surface area contributed by atoms with Crippen molar-refractivity contribution in [1.82, 2.24) is 9.13 Å². The molecule has 0 bridgehead atoms. The number of hydrogen-bond donors (Lipinski definition) is 0. The summed E-state index contributed by atoms with van der Waals surface area (Å²) < 4.78 is 17.8. The maximum Gasteiger partial charge on any atom is 0.230 e. The molecule has 0 radical (unpaired) electrons. The van der Waals surface area contributed by atoms with Crippen LogP contribution in [0.4, 0.5) is 0 Å². The molecule has 0 amide bonds. The second-order valence-electron chi connectivity index (χ2n) is 19.7. The Morgan fingerprint density at radius 1 is 0.280 bits per heavy atom. The van der Waals surface area contributed by atoms with Crippen LogP contribution < -0.4 is 15.6 Å². The van der Waals surface area contributed by atoms with E-state index in [9.17, 15) is 0 Å². The summed E-state index contributed by atoms with van der Waals surface area (Å²) in [6.07, 6.45) is 0. The molecule has 0 aliphatic carbocycles. The summed E-state index contributed by atoms with van der Waals surface area (Å²) in [5.41, 5.74) is 15.7. The Balaban J connectivity index is 0.974. The smallest absolute Gasteiger partial charge is 0.230 e. The summed E-state index contributed by atoms with van der Waals surface area (Å²) in [5.74, 6) is 4.08. The molecule has 75 heavy (non-hydrogen) atoms. The van der Waals surface area contributed by atoms with Crippen LogP contribution in [0.5, 0.6) is 0 Å². The number of para-hydroxylation sites is 5. The lowest BCUT2D eigenvalue weighted by Gasteiger charge is -2.28. The van der Waals surface area contributed by atoms with Gasteiger partial charge in [-0.05, 0) is 88.4 Å². The molecule has 0 aliphatic rings. The van der Waals surface area contributed by atoms with Gasteiger partial charge in [0.1, 0.15) is 22.3 Å². The van der Waals surface area contributed by atoms with Gasteiger partial charge in [-0.2, -0.15) is 0 Å². The minimum atomic E-state index is -3.29. The van der Waals surface area contributed by atoms with Gasteiger partial charge >= 0.3 is 0 Å². The first-order chi connectivity index (χ1) is 37.2. The molecule has 0 N–H and O–H groups in total. The molecule has 0 spiro atoms. The molecule has 5 heteroatoms. The van der Waals surface area contributed by atoms with Crippen LogP contribution in [-0.2, 0) is 0 Å². The Morgan fingerprint density at radius 2 is 0.693 bits per heavy atom. The summed E-state index contributed by atoms with van der Waals surface area (Å²) in [4.78, 5) is 0. The van der Waals surface area contributed by atoms with E-state index in [0.717, 1.165) is 93.4 Å². The van der Waals surface area contributed by atoms with Gasteiger partial charge in [0.25, 0.3) is 0 Å². The zero-order valence-corrected chi connectivity index (χ0v) is 41.5. The third-order valence-electron chi connectivity index (χ3n) is 15.8. The molecule has 16 aromatic rings. The maximum absolute atomic E-state index is 6.47. The quantitative estimate of drug-likeness (QED) is 0.0746. The molecule has 4 nitrogen and oxygen atoms in total. The van der Waals surface area contributed by atoms with E-state index >= 15 is 0 Å². The third-order valence-corrected chi connectivity index (χ3v) is 19.9. The van der Waals surface area contributed by atoms with Crippen molar-refractivity contribution in [3.8, 4) is 22.8 Å². The molecular weight excluding hydrogens is 929 g/mol. The van der Waals surface area contributed by atoms with E-state index in [1.165, 1.54) is 48.1 Å². The Labute approximate surface area is 431 Å². The lowest BCUT2D eigenvalue weighted by Crippen LogP contribution is -2.66. The van der Waals surface area contributed by atoms with Gasteiger partial charge < -0.3 is 18.0 Å². The first kappa shape index (κ1) is 41.7. The highest BCUT2D eigenvalue weighted by Crippen LogP contribution is 2.42. The highest BCUT2D eigenvalue weighted by atomic mass is 28.3. The minimum absolute atomic E-state index is 0.862. The minimum Gasteiger partial charge on any atom is -0.456 e. The topological polar surface area (TPSA) is 36.1 Å². The van der Waals surface area contributed by atoms with E-state index in [0.29, 0.717) is 0 Å². The van der Waals surface area contributed by atoms with Crippen molar-refractivity contribution in [3.63, 3.8) is 0 Å². The summed E-state index contributed by atoms with van der Waals surface area (Å²) >= 11 is 0. The predicted octanol–water partition coefficient (Wildman–Crippen LogP) is 16.0. The van der Waals surface area contributed by atoms with Crippen LogP contribution in [0.1, 0.15) is 5.56 Å². The van der Waals surface area contributed by atoms with E-state index in [-0.39, 0.29) is 0 Å². The van der Waals surface area contributed by atoms with Gasteiger partial charge in [0.15, 0.2) is 0 Å². The molecule has 0 fully saturated rings. The molecule has 0 aliphatic heterocycles. The highest BCUT2D eigenvalue weighted by Gasteiger charge is 2.40. The Bertz CT molecular complexity index is 4870. The summed E-state index contributed by atoms with van der Waals surface area (Å²) in [6, 6.07) is 92.4. The van der Waals surface area contributed by atoms with Crippen molar-refractivity contribution in [1.29, 1.82) is 0 Å². The SMILES string of the molecule is C(#C[Si](c1ccccc1)(c1ccc2oc3ccccc3c2c1)c1ccc2oc3ccccc3c2c1)c1c2ccccc2c(-n2c3ccccc3c3cc(-n4c5ccccc5c5ccccc54)ccc32)c2ccccc12. The fourth-order valence-electron chi connectivity index (χ4n) is 12.5. The molecule has 12 aromatic carbocycles. The average molecular weight is 971 g/mol. The van der Waals surface area contributed by atoms with E-state index < -0.39 is 8.07 Å². The third kappa shape index (κ3) is 6.06. The Kier molecular flexibility index (Phi) is 8.94. The van der Waals surface area contributed by atoms with Crippen LogP contribution in [0.15, 0.2) is 264 Å². The highest BCUT2D eigenvalue weighted by molar-refractivity contribution is 7.17. The van der Waals surface area contributed by atoms with Crippen LogP contribution in [-0.4, -0.2) is 17.2 Å². The lowest BCUT2D eigenvalue weighted by molar-refractivity contribution is 0.668. The number of fused-ring (bicyclic) bond motifs is 14. The van der Waals surface area contributed by atoms with Gasteiger partial charge in [0.2, 0.25) is 8.07 Å². The van der Waals surface area contributed by atoms with Gasteiger partial charge in [-0.3, -0.25) is 0 Å². The fourth-order valence-corrected chi connectivity index (χ4v) is 16.3. The summed E-state index contributed by atoms with van der Waals surface area (Å²) in [6.45, 7) is 0. The van der Waals surface area contributed by atoms with Gasteiger partial charge in [-0.1, -0.05) is 188 Å². The predicted molar refractivity (Wildman–Crippen MR) is 316 cm³/mol. The first-order valence-corrected chi connectivity index (χ1v) is 27.6. The number of aromatic nitrogens is 2. The molecule has 4 aromatic heterocycles. The van der Waals surface area contributed by atoms with Crippen LogP contribution >= 0.6 is 0 Å². The molecule has 0 unspecified atom stereocenters. The molecule has 0 saturated heterocycles. The largest absolute Gasteiger partial charge is 0.456 e. The van der Waals surface area contributed by atoms with Gasteiger partial charge in [0.05, 0.1) is 27.8 Å². The van der Waals surface area contributed by atoms with Gasteiger partial charge in [0, 0.05) is 75.9 Å². The van der Waals surface area contributed by atoms with Gasteiger partial charge in [-0.15, -0.1) is 5.54 Å². The normalized spacial score (nSPS) is 12.2. The zero-order chi connectivity index (χ0) is 49.2. The van der Waals surface area contributed by atoms with Crippen LogP contribution in [0.2, 0.25) is 0 Å². The molecule has 0 saturated carbocycles. The standard InChI is InChI=1S/C70H42N2O2Si/c1-2-18-46(19-3-1)75(47-35-38-68-60(43-47)55-25-11-16-32-66(55)73-68,48-36-39-69-61(44-48)56-26-12-17-33-67(56)74-69)41-40-51-49-20-4-6-27-57(49)70(58-28-7-5-21-50(51)58)72-64-31-15-10-24-54(64)59-42-45(34-37-65(59)72)71-62-29-13-8-22-52(62)53-23-9-14-30-63(53)71/h1-39,42-44H. The molecule has 16 rings (SSSR count). The number of rotatable bonds is 5. The van der Waals surface area contributed by atoms with Crippen LogP contribution in [0.3, 0.4) is 0 Å². The second-order valence-corrected chi connectivity index (χ2v) is 23.2. The number of furan rings is 2. The summed E-state index contributed by atoms with van der Waals surface area (Å²) in [7, 11) is -3.29.